The van der Waals surface area contributed by atoms with Crippen molar-refractivity contribution in [1.29, 1.82) is 0 Å². The van der Waals surface area contributed by atoms with Crippen molar-refractivity contribution >= 4 is 18.1 Å². The number of amides is 1. The Bertz CT molecular complexity index is 1320. The summed E-state index contributed by atoms with van der Waals surface area (Å²) in [6.07, 6.45) is 6.48. The topological polar surface area (TPSA) is 109 Å². The molecule has 8 heteroatoms. The molecule has 33 heavy (non-hydrogen) atoms. The second-order valence-corrected chi connectivity index (χ2v) is 7.44. The predicted molar refractivity (Wildman–Crippen MR) is 125 cm³/mol. The summed E-state index contributed by atoms with van der Waals surface area (Å²) in [7, 11) is 0. The molecular weight excluding hydrogens is 418 g/mol. The lowest BCUT2D eigenvalue weighted by Crippen LogP contribution is -2.19. The zero-order valence-electron chi connectivity index (χ0n) is 18.1. The van der Waals surface area contributed by atoms with Gasteiger partial charge in [-0.2, -0.15) is 5.10 Å². The molecule has 0 saturated carbocycles. The highest BCUT2D eigenvalue weighted by Gasteiger charge is 2.17. The quantitative estimate of drug-likeness (QED) is 0.348. The van der Waals surface area contributed by atoms with Gasteiger partial charge in [-0.05, 0) is 55.3 Å². The second-order valence-electron chi connectivity index (χ2n) is 7.44. The molecule has 0 radical (unpaired) electrons. The summed E-state index contributed by atoms with van der Waals surface area (Å²) in [6, 6.07) is 15.8. The molecule has 2 heterocycles. The lowest BCUT2D eigenvalue weighted by molar-refractivity contribution is 0.0696. The van der Waals surface area contributed by atoms with E-state index in [9.17, 15) is 14.7 Å². The van der Waals surface area contributed by atoms with Gasteiger partial charge in [0.05, 0.1) is 17.5 Å². The first-order valence-corrected chi connectivity index (χ1v) is 10.2. The number of hydrogen-bond acceptors (Lipinski definition) is 5. The van der Waals surface area contributed by atoms with Gasteiger partial charge in [0, 0.05) is 34.9 Å². The van der Waals surface area contributed by atoms with Gasteiger partial charge in [-0.25, -0.2) is 20.2 Å². The van der Waals surface area contributed by atoms with Crippen LogP contribution in [0.3, 0.4) is 0 Å². The fourth-order valence-electron chi connectivity index (χ4n) is 3.53. The zero-order valence-corrected chi connectivity index (χ0v) is 18.1. The Morgan fingerprint density at radius 2 is 1.61 bits per heavy atom. The number of aromatic nitrogens is 3. The number of aryl methyl sites for hydroxylation is 2. The first-order valence-electron chi connectivity index (χ1n) is 10.2. The van der Waals surface area contributed by atoms with Crippen molar-refractivity contribution in [2.24, 2.45) is 5.10 Å². The monoisotopic (exact) mass is 439 g/mol. The van der Waals surface area contributed by atoms with Crippen molar-refractivity contribution in [3.63, 3.8) is 0 Å². The Morgan fingerprint density at radius 1 is 0.939 bits per heavy atom. The van der Waals surface area contributed by atoms with Crippen LogP contribution in [0.25, 0.3) is 16.8 Å². The third kappa shape index (κ3) is 4.69. The number of carboxylic acids is 1. The number of aromatic carboxylic acids is 1. The lowest BCUT2D eigenvalue weighted by Gasteiger charge is -2.14. The van der Waals surface area contributed by atoms with Crippen molar-refractivity contribution in [3.05, 3.63) is 101 Å². The van der Waals surface area contributed by atoms with Crippen LogP contribution in [-0.2, 0) is 0 Å². The number of hydrogen-bond donors (Lipinski definition) is 2. The van der Waals surface area contributed by atoms with Crippen LogP contribution in [0.5, 0.6) is 0 Å². The minimum Gasteiger partial charge on any atom is -0.478 e. The molecule has 0 saturated heterocycles. The van der Waals surface area contributed by atoms with E-state index in [0.717, 1.165) is 28.1 Å². The normalized spacial score (nSPS) is 11.0. The highest BCUT2D eigenvalue weighted by atomic mass is 16.4. The van der Waals surface area contributed by atoms with Gasteiger partial charge in [-0.1, -0.05) is 24.3 Å². The van der Waals surface area contributed by atoms with Gasteiger partial charge < -0.3 is 9.67 Å². The molecule has 164 valence electrons. The molecule has 0 aliphatic carbocycles. The van der Waals surface area contributed by atoms with Crippen LogP contribution in [-0.4, -0.2) is 37.7 Å². The van der Waals surface area contributed by atoms with E-state index < -0.39 is 11.9 Å². The molecular formula is C25H21N5O3. The first kappa shape index (κ1) is 21.6. The van der Waals surface area contributed by atoms with E-state index in [0.29, 0.717) is 11.3 Å². The molecule has 0 fully saturated rings. The van der Waals surface area contributed by atoms with Gasteiger partial charge in [0.15, 0.2) is 0 Å². The third-order valence-corrected chi connectivity index (χ3v) is 5.19. The molecule has 8 nitrogen and oxygen atoms in total. The van der Waals surface area contributed by atoms with E-state index in [1.165, 1.54) is 24.7 Å². The van der Waals surface area contributed by atoms with Crippen molar-refractivity contribution < 1.29 is 14.7 Å². The minimum atomic E-state index is -1.06. The van der Waals surface area contributed by atoms with Gasteiger partial charge in [-0.3, -0.25) is 4.79 Å². The number of benzene rings is 2. The van der Waals surface area contributed by atoms with Crippen LogP contribution in [0.15, 0.2) is 78.4 Å². The predicted octanol–water partition coefficient (Wildman–Crippen LogP) is 4.01. The lowest BCUT2D eigenvalue weighted by atomic mass is 10.1. The molecule has 2 aromatic heterocycles. The van der Waals surface area contributed by atoms with Crippen LogP contribution in [0, 0.1) is 13.8 Å². The van der Waals surface area contributed by atoms with E-state index in [-0.39, 0.29) is 5.56 Å². The Labute approximate surface area is 190 Å². The number of hydrazone groups is 1. The van der Waals surface area contributed by atoms with E-state index in [4.69, 9.17) is 0 Å². The van der Waals surface area contributed by atoms with Crippen LogP contribution < -0.4 is 5.43 Å². The molecule has 0 atom stereocenters. The Hall–Kier alpha value is -4.59. The standard InChI is InChI=1S/C25H21N5O3/c1-16-3-4-17(2)30(16)23-11-20(9-10-22(23)25(32)33)24(31)29-28-12-18-5-7-19(8-6-18)21-13-26-15-27-14-21/h3-15H,1-2H3,(H,29,31)(H,32,33)/b28-12+. The van der Waals surface area contributed by atoms with Crippen molar-refractivity contribution in [3.8, 4) is 16.8 Å². The largest absolute Gasteiger partial charge is 0.478 e. The Kier molecular flexibility index (Phi) is 6.08. The number of rotatable bonds is 6. The average Bonchev–Trinajstić information content (AvgIpc) is 3.17. The van der Waals surface area contributed by atoms with Gasteiger partial charge in [0.2, 0.25) is 0 Å². The first-order chi connectivity index (χ1) is 15.9. The van der Waals surface area contributed by atoms with Gasteiger partial charge >= 0.3 is 5.97 Å². The summed E-state index contributed by atoms with van der Waals surface area (Å²) >= 11 is 0. The highest BCUT2D eigenvalue weighted by molar-refractivity contribution is 5.98. The summed E-state index contributed by atoms with van der Waals surface area (Å²) in [4.78, 5) is 32.4. The Morgan fingerprint density at radius 3 is 2.24 bits per heavy atom. The van der Waals surface area contributed by atoms with Gasteiger partial charge in [0.25, 0.3) is 5.91 Å². The Balaban J connectivity index is 1.51. The number of nitrogens with zero attached hydrogens (tertiary/aromatic N) is 4. The van der Waals surface area contributed by atoms with Crippen molar-refractivity contribution in [2.75, 3.05) is 0 Å². The van der Waals surface area contributed by atoms with E-state index in [1.807, 2.05) is 54.8 Å². The summed E-state index contributed by atoms with van der Waals surface area (Å²) < 4.78 is 1.81. The molecule has 0 aliphatic heterocycles. The van der Waals surface area contributed by atoms with Crippen LogP contribution >= 0.6 is 0 Å². The van der Waals surface area contributed by atoms with Gasteiger partial charge in [0.1, 0.15) is 6.33 Å². The fourth-order valence-corrected chi connectivity index (χ4v) is 3.53. The molecule has 0 bridgehead atoms. The molecule has 0 spiro atoms. The number of carboxylic acid groups (broad SMARTS) is 1. The number of carbonyl (C=O) groups excluding carboxylic acids is 1. The van der Waals surface area contributed by atoms with E-state index in [2.05, 4.69) is 20.5 Å². The molecule has 2 N–H and O–H groups in total. The smallest absolute Gasteiger partial charge is 0.337 e. The van der Waals surface area contributed by atoms with Crippen LogP contribution in [0.1, 0.15) is 37.7 Å². The maximum Gasteiger partial charge on any atom is 0.337 e. The average molecular weight is 439 g/mol. The third-order valence-electron chi connectivity index (χ3n) is 5.19. The molecule has 2 aromatic carbocycles. The number of nitrogens with one attached hydrogen (secondary N) is 1. The van der Waals surface area contributed by atoms with Gasteiger partial charge in [-0.15, -0.1) is 0 Å². The summed E-state index contributed by atoms with van der Waals surface area (Å²) in [6.45, 7) is 3.76. The van der Waals surface area contributed by atoms with Crippen molar-refractivity contribution in [2.45, 2.75) is 13.8 Å². The van der Waals surface area contributed by atoms with Crippen molar-refractivity contribution in [1.82, 2.24) is 20.0 Å². The second kappa shape index (κ2) is 9.27. The zero-order chi connectivity index (χ0) is 23.4. The minimum absolute atomic E-state index is 0.112. The molecule has 4 aromatic rings. The van der Waals surface area contributed by atoms with Crippen LogP contribution in [0.2, 0.25) is 0 Å². The highest BCUT2D eigenvalue weighted by Crippen LogP contribution is 2.22. The fraction of sp³-hybridized carbons (Fsp3) is 0.0800. The molecule has 0 aliphatic rings. The number of carbonyl (C=O) groups is 2. The molecule has 0 unspecified atom stereocenters. The molecule has 1 amide bonds. The summed E-state index contributed by atoms with van der Waals surface area (Å²) in [5.41, 5.74) is 7.77. The maximum atomic E-state index is 12.7. The van der Waals surface area contributed by atoms with Crippen LogP contribution in [0.4, 0.5) is 0 Å². The van der Waals surface area contributed by atoms with E-state index >= 15 is 0 Å². The summed E-state index contributed by atoms with van der Waals surface area (Å²) in [5.74, 6) is -1.50. The SMILES string of the molecule is Cc1ccc(C)n1-c1cc(C(=O)N/N=C/c2ccc(-c3cncnc3)cc2)ccc1C(=O)O. The van der Waals surface area contributed by atoms with E-state index in [1.54, 1.807) is 18.5 Å². The maximum absolute atomic E-state index is 12.7. The molecule has 4 rings (SSSR count). The summed E-state index contributed by atoms with van der Waals surface area (Å²) in [5, 5.41) is 13.6.